The molecule has 0 fully saturated rings. The van der Waals surface area contributed by atoms with Crippen LogP contribution in [0.1, 0.15) is 9.75 Å². The minimum atomic E-state index is -3.59. The van der Waals surface area contributed by atoms with Crippen LogP contribution in [0.3, 0.4) is 0 Å². The molecule has 0 bridgehead atoms. The van der Waals surface area contributed by atoms with Gasteiger partial charge in [-0.15, -0.1) is 11.3 Å². The first-order valence-corrected chi connectivity index (χ1v) is 8.67. The predicted octanol–water partition coefficient (Wildman–Crippen LogP) is 2.59. The van der Waals surface area contributed by atoms with Crippen LogP contribution < -0.4 is 14.8 Å². The molecule has 1 aromatic carbocycles. The number of anilines is 1. The summed E-state index contributed by atoms with van der Waals surface area (Å²) >= 11 is 1.48. The molecule has 0 spiro atoms. The largest absolute Gasteiger partial charge is 0.497 e. The van der Waals surface area contributed by atoms with Crippen molar-refractivity contribution < 1.29 is 13.2 Å². The highest BCUT2D eigenvalue weighted by molar-refractivity contribution is 7.93. The van der Waals surface area contributed by atoms with Crippen LogP contribution in [-0.2, 0) is 16.6 Å². The minimum Gasteiger partial charge on any atom is -0.497 e. The zero-order valence-corrected chi connectivity index (χ0v) is 13.8. The first-order chi connectivity index (χ1) is 9.96. The standard InChI is InChI=1S/C14H18N2O3S2/c1-10-14(8-13(20-10)9-15-2)21(17,18)16-11-5-4-6-12(7-11)19-3/h4-8,15-16H,9H2,1-3H3. The van der Waals surface area contributed by atoms with E-state index in [9.17, 15) is 8.42 Å². The molecule has 0 atom stereocenters. The molecule has 0 saturated carbocycles. The van der Waals surface area contributed by atoms with Crippen molar-refractivity contribution in [2.75, 3.05) is 18.9 Å². The molecule has 1 aromatic heterocycles. The van der Waals surface area contributed by atoms with E-state index in [4.69, 9.17) is 4.74 Å². The van der Waals surface area contributed by atoms with Gasteiger partial charge in [0.1, 0.15) is 10.6 Å². The van der Waals surface area contributed by atoms with Crippen LogP contribution in [0.5, 0.6) is 5.75 Å². The molecular weight excluding hydrogens is 308 g/mol. The molecular formula is C14H18N2O3S2. The molecule has 0 aliphatic carbocycles. The quantitative estimate of drug-likeness (QED) is 0.856. The Kier molecular flexibility index (Phi) is 4.87. The van der Waals surface area contributed by atoms with Crippen LogP contribution in [0.15, 0.2) is 35.2 Å². The monoisotopic (exact) mass is 326 g/mol. The Hall–Kier alpha value is -1.57. The Labute approximate surface area is 129 Å². The SMILES string of the molecule is CNCc1cc(S(=O)(=O)Nc2cccc(OC)c2)c(C)s1. The molecule has 0 amide bonds. The smallest absolute Gasteiger partial charge is 0.263 e. The highest BCUT2D eigenvalue weighted by atomic mass is 32.2. The molecule has 21 heavy (non-hydrogen) atoms. The summed E-state index contributed by atoms with van der Waals surface area (Å²) < 4.78 is 32.6. The molecule has 1 heterocycles. The van der Waals surface area contributed by atoms with E-state index in [0.29, 0.717) is 22.9 Å². The van der Waals surface area contributed by atoms with Crippen LogP contribution >= 0.6 is 11.3 Å². The molecule has 2 aromatic rings. The predicted molar refractivity (Wildman–Crippen MR) is 85.6 cm³/mol. The zero-order valence-electron chi connectivity index (χ0n) is 12.1. The van der Waals surface area contributed by atoms with Gasteiger partial charge in [0.2, 0.25) is 0 Å². The van der Waals surface area contributed by atoms with Crippen molar-refractivity contribution in [3.05, 3.63) is 40.1 Å². The Morgan fingerprint density at radius 3 is 2.71 bits per heavy atom. The van der Waals surface area contributed by atoms with Crippen LogP contribution in [-0.4, -0.2) is 22.6 Å². The van der Waals surface area contributed by atoms with Crippen LogP contribution in [0.2, 0.25) is 0 Å². The lowest BCUT2D eigenvalue weighted by molar-refractivity contribution is 0.415. The summed E-state index contributed by atoms with van der Waals surface area (Å²) in [6, 6.07) is 8.55. The van der Waals surface area contributed by atoms with E-state index in [0.717, 1.165) is 9.75 Å². The summed E-state index contributed by atoms with van der Waals surface area (Å²) in [6.45, 7) is 2.46. The second kappa shape index (κ2) is 6.46. The van der Waals surface area contributed by atoms with Gasteiger partial charge in [-0.3, -0.25) is 4.72 Å². The number of thiophene rings is 1. The van der Waals surface area contributed by atoms with Crippen molar-refractivity contribution >= 4 is 27.0 Å². The van der Waals surface area contributed by atoms with Gasteiger partial charge in [0, 0.05) is 22.4 Å². The van der Waals surface area contributed by atoms with Crippen LogP contribution in [0, 0.1) is 6.92 Å². The van der Waals surface area contributed by atoms with E-state index in [1.54, 1.807) is 37.4 Å². The number of aryl methyl sites for hydroxylation is 1. The molecule has 0 saturated heterocycles. The minimum absolute atomic E-state index is 0.320. The summed E-state index contributed by atoms with van der Waals surface area (Å²) in [5.74, 6) is 0.605. The molecule has 2 rings (SSSR count). The third-order valence-electron chi connectivity index (χ3n) is 2.89. The van der Waals surface area contributed by atoms with E-state index in [-0.39, 0.29) is 0 Å². The maximum atomic E-state index is 12.5. The third kappa shape index (κ3) is 3.75. The zero-order chi connectivity index (χ0) is 15.5. The summed E-state index contributed by atoms with van der Waals surface area (Å²) in [4.78, 5) is 2.08. The van der Waals surface area contributed by atoms with Crippen molar-refractivity contribution in [3.63, 3.8) is 0 Å². The first kappa shape index (κ1) is 15.8. The third-order valence-corrected chi connectivity index (χ3v) is 5.57. The number of rotatable bonds is 6. The summed E-state index contributed by atoms with van der Waals surface area (Å²) in [5, 5.41) is 3.02. The van der Waals surface area contributed by atoms with Gasteiger partial charge in [0.05, 0.1) is 12.8 Å². The lowest BCUT2D eigenvalue weighted by Gasteiger charge is -2.08. The van der Waals surface area contributed by atoms with E-state index in [1.807, 2.05) is 14.0 Å². The van der Waals surface area contributed by atoms with E-state index in [1.165, 1.54) is 11.3 Å². The van der Waals surface area contributed by atoms with Gasteiger partial charge < -0.3 is 10.1 Å². The van der Waals surface area contributed by atoms with Crippen molar-refractivity contribution in [1.82, 2.24) is 5.32 Å². The van der Waals surface area contributed by atoms with E-state index >= 15 is 0 Å². The lowest BCUT2D eigenvalue weighted by atomic mass is 10.3. The van der Waals surface area contributed by atoms with Crippen molar-refractivity contribution in [3.8, 4) is 5.75 Å². The molecule has 0 unspecified atom stereocenters. The molecule has 7 heteroatoms. The van der Waals surface area contributed by atoms with Crippen LogP contribution in [0.4, 0.5) is 5.69 Å². The summed E-state index contributed by atoms with van der Waals surface area (Å²) in [5.41, 5.74) is 0.482. The number of ether oxygens (including phenoxy) is 1. The van der Waals surface area contributed by atoms with E-state index < -0.39 is 10.0 Å². The highest BCUT2D eigenvalue weighted by Crippen LogP contribution is 2.28. The Morgan fingerprint density at radius 2 is 2.05 bits per heavy atom. The molecule has 0 aliphatic heterocycles. The fraction of sp³-hybridized carbons (Fsp3) is 0.286. The maximum Gasteiger partial charge on any atom is 0.263 e. The normalized spacial score (nSPS) is 11.4. The summed E-state index contributed by atoms with van der Waals surface area (Å²) in [6.07, 6.45) is 0. The second-order valence-corrected chi connectivity index (χ2v) is 7.49. The number of hydrogen-bond acceptors (Lipinski definition) is 5. The van der Waals surface area contributed by atoms with Gasteiger partial charge in [0.25, 0.3) is 10.0 Å². The van der Waals surface area contributed by atoms with Gasteiger partial charge in [-0.1, -0.05) is 6.07 Å². The van der Waals surface area contributed by atoms with Crippen molar-refractivity contribution in [1.29, 1.82) is 0 Å². The fourth-order valence-corrected chi connectivity index (χ4v) is 4.65. The Balaban J connectivity index is 2.29. The lowest BCUT2D eigenvalue weighted by Crippen LogP contribution is -2.13. The number of hydrogen-bond donors (Lipinski definition) is 2. The average molecular weight is 326 g/mol. The topological polar surface area (TPSA) is 67.4 Å². The number of nitrogens with one attached hydrogen (secondary N) is 2. The van der Waals surface area contributed by atoms with Crippen LogP contribution in [0.25, 0.3) is 0 Å². The number of sulfonamides is 1. The molecule has 114 valence electrons. The van der Waals surface area contributed by atoms with Gasteiger partial charge in [-0.25, -0.2) is 8.42 Å². The Morgan fingerprint density at radius 1 is 1.29 bits per heavy atom. The van der Waals surface area contributed by atoms with Crippen molar-refractivity contribution in [2.24, 2.45) is 0 Å². The van der Waals surface area contributed by atoms with Gasteiger partial charge >= 0.3 is 0 Å². The molecule has 5 nitrogen and oxygen atoms in total. The highest BCUT2D eigenvalue weighted by Gasteiger charge is 2.20. The summed E-state index contributed by atoms with van der Waals surface area (Å²) in [7, 11) is -0.216. The fourth-order valence-electron chi connectivity index (χ4n) is 1.95. The molecule has 0 radical (unpaired) electrons. The molecule has 0 aliphatic rings. The number of benzene rings is 1. The second-order valence-electron chi connectivity index (χ2n) is 4.50. The van der Waals surface area contributed by atoms with Gasteiger partial charge in [-0.2, -0.15) is 0 Å². The average Bonchev–Trinajstić information content (AvgIpc) is 2.81. The van der Waals surface area contributed by atoms with Crippen molar-refractivity contribution in [2.45, 2.75) is 18.4 Å². The number of methoxy groups -OCH3 is 1. The van der Waals surface area contributed by atoms with Gasteiger partial charge in [-0.05, 0) is 32.2 Å². The van der Waals surface area contributed by atoms with Gasteiger partial charge in [0.15, 0.2) is 0 Å². The molecule has 2 N–H and O–H groups in total. The first-order valence-electron chi connectivity index (χ1n) is 6.37. The van der Waals surface area contributed by atoms with E-state index in [2.05, 4.69) is 10.0 Å². The maximum absolute atomic E-state index is 12.5. The Bertz CT molecular complexity index is 724.